The van der Waals surface area contributed by atoms with Crippen LogP contribution in [0.25, 0.3) is 10.9 Å². The highest BCUT2D eigenvalue weighted by atomic mass is 15.3. The SMILES string of the molecule is CCn1nc(CC2(C#N)CCC(C)C2)c2ccccc21. The van der Waals surface area contributed by atoms with Crippen molar-refractivity contribution in [3.8, 4) is 6.07 Å². The molecule has 3 rings (SSSR count). The molecule has 0 amide bonds. The van der Waals surface area contributed by atoms with Crippen molar-refractivity contribution in [1.29, 1.82) is 5.26 Å². The molecule has 1 aromatic carbocycles. The molecule has 3 nitrogen and oxygen atoms in total. The van der Waals surface area contributed by atoms with Gasteiger partial charge in [-0.15, -0.1) is 0 Å². The Hall–Kier alpha value is -1.82. The average molecular weight is 267 g/mol. The summed E-state index contributed by atoms with van der Waals surface area (Å²) < 4.78 is 2.05. The van der Waals surface area contributed by atoms with E-state index >= 15 is 0 Å². The zero-order chi connectivity index (χ0) is 14.2. The number of fused-ring (bicyclic) bond motifs is 1. The molecule has 0 aliphatic heterocycles. The van der Waals surface area contributed by atoms with Crippen molar-refractivity contribution in [2.45, 2.75) is 46.1 Å². The highest BCUT2D eigenvalue weighted by Crippen LogP contribution is 2.44. The minimum atomic E-state index is -0.199. The first-order valence-corrected chi connectivity index (χ1v) is 7.53. The predicted molar refractivity (Wildman–Crippen MR) is 80.2 cm³/mol. The highest BCUT2D eigenvalue weighted by Gasteiger charge is 2.38. The van der Waals surface area contributed by atoms with Crippen molar-refractivity contribution in [3.05, 3.63) is 30.0 Å². The molecule has 104 valence electrons. The Labute approximate surface area is 120 Å². The van der Waals surface area contributed by atoms with Crippen molar-refractivity contribution in [2.75, 3.05) is 0 Å². The maximum Gasteiger partial charge on any atom is 0.0719 e. The van der Waals surface area contributed by atoms with E-state index in [2.05, 4.69) is 44.2 Å². The first kappa shape index (κ1) is 13.2. The molecule has 0 bridgehead atoms. The van der Waals surface area contributed by atoms with Gasteiger partial charge in [-0.2, -0.15) is 10.4 Å². The summed E-state index contributed by atoms with van der Waals surface area (Å²) in [5.74, 6) is 0.661. The van der Waals surface area contributed by atoms with Crippen molar-refractivity contribution in [3.63, 3.8) is 0 Å². The lowest BCUT2D eigenvalue weighted by atomic mass is 9.82. The lowest BCUT2D eigenvalue weighted by Gasteiger charge is -2.19. The Morgan fingerprint density at radius 1 is 1.45 bits per heavy atom. The molecule has 1 heterocycles. The van der Waals surface area contributed by atoms with Crippen LogP contribution in [0.3, 0.4) is 0 Å². The summed E-state index contributed by atoms with van der Waals surface area (Å²) in [5, 5.41) is 15.6. The molecule has 1 saturated carbocycles. The molecule has 1 aliphatic carbocycles. The second kappa shape index (κ2) is 4.94. The van der Waals surface area contributed by atoms with Gasteiger partial charge in [0.25, 0.3) is 0 Å². The summed E-state index contributed by atoms with van der Waals surface area (Å²) in [6, 6.07) is 11.0. The van der Waals surface area contributed by atoms with E-state index in [0.29, 0.717) is 5.92 Å². The first-order valence-electron chi connectivity index (χ1n) is 7.53. The summed E-state index contributed by atoms with van der Waals surface area (Å²) in [4.78, 5) is 0. The Bertz CT molecular complexity index is 664. The Morgan fingerprint density at radius 2 is 2.25 bits per heavy atom. The molecule has 1 aromatic heterocycles. The third-order valence-corrected chi connectivity index (χ3v) is 4.63. The number of aryl methyl sites for hydroxylation is 1. The third-order valence-electron chi connectivity index (χ3n) is 4.63. The molecular formula is C17H21N3. The summed E-state index contributed by atoms with van der Waals surface area (Å²) >= 11 is 0. The van der Waals surface area contributed by atoms with Crippen LogP contribution < -0.4 is 0 Å². The van der Waals surface area contributed by atoms with Gasteiger partial charge in [0.15, 0.2) is 0 Å². The fourth-order valence-corrected chi connectivity index (χ4v) is 3.58. The molecule has 0 saturated heterocycles. The van der Waals surface area contributed by atoms with E-state index in [1.165, 1.54) is 17.3 Å². The molecule has 20 heavy (non-hydrogen) atoms. The van der Waals surface area contributed by atoms with E-state index in [0.717, 1.165) is 31.5 Å². The standard InChI is InChI=1S/C17H21N3/c1-3-20-16-7-5-4-6-14(16)15(19-20)11-17(12-18)9-8-13(2)10-17/h4-7,13H,3,8-11H2,1-2H3. The second-order valence-corrected chi connectivity index (χ2v) is 6.20. The van der Waals surface area contributed by atoms with Crippen LogP contribution in [0.2, 0.25) is 0 Å². The van der Waals surface area contributed by atoms with Crippen LogP contribution in [0.4, 0.5) is 0 Å². The molecule has 1 aliphatic rings. The van der Waals surface area contributed by atoms with Crippen LogP contribution in [0.1, 0.15) is 38.8 Å². The first-order chi connectivity index (χ1) is 9.67. The van der Waals surface area contributed by atoms with Crippen molar-refractivity contribution >= 4 is 10.9 Å². The molecule has 2 atom stereocenters. The Morgan fingerprint density at radius 3 is 2.90 bits per heavy atom. The summed E-state index contributed by atoms with van der Waals surface area (Å²) in [7, 11) is 0. The summed E-state index contributed by atoms with van der Waals surface area (Å²) in [6.45, 7) is 5.24. The molecular weight excluding hydrogens is 246 g/mol. The number of nitriles is 1. The smallest absolute Gasteiger partial charge is 0.0719 e. The largest absolute Gasteiger partial charge is 0.265 e. The Kier molecular flexibility index (Phi) is 3.25. The molecule has 3 heteroatoms. The van der Waals surface area contributed by atoms with Crippen LogP contribution in [0.15, 0.2) is 24.3 Å². The van der Waals surface area contributed by atoms with Crippen LogP contribution >= 0.6 is 0 Å². The molecule has 2 unspecified atom stereocenters. The number of aromatic nitrogens is 2. The number of nitrogens with zero attached hydrogens (tertiary/aromatic N) is 3. The van der Waals surface area contributed by atoms with Gasteiger partial charge in [-0.25, -0.2) is 0 Å². The van der Waals surface area contributed by atoms with E-state index in [-0.39, 0.29) is 5.41 Å². The van der Waals surface area contributed by atoms with Crippen molar-refractivity contribution < 1.29 is 0 Å². The lowest BCUT2D eigenvalue weighted by Crippen LogP contribution is -2.18. The fraction of sp³-hybridized carbons (Fsp3) is 0.529. The molecule has 0 N–H and O–H groups in total. The normalized spacial score (nSPS) is 25.9. The van der Waals surface area contributed by atoms with E-state index in [4.69, 9.17) is 5.10 Å². The summed E-state index contributed by atoms with van der Waals surface area (Å²) in [5.41, 5.74) is 2.08. The van der Waals surface area contributed by atoms with Gasteiger partial charge in [0.1, 0.15) is 0 Å². The minimum Gasteiger partial charge on any atom is -0.265 e. The van der Waals surface area contributed by atoms with Crippen LogP contribution in [0, 0.1) is 22.7 Å². The minimum absolute atomic E-state index is 0.199. The van der Waals surface area contributed by atoms with E-state index in [1.54, 1.807) is 0 Å². The number of hydrogen-bond donors (Lipinski definition) is 0. The highest BCUT2D eigenvalue weighted by molar-refractivity contribution is 5.82. The topological polar surface area (TPSA) is 41.6 Å². The number of para-hydroxylation sites is 1. The van der Waals surface area contributed by atoms with Gasteiger partial charge in [0.05, 0.1) is 22.7 Å². The molecule has 0 radical (unpaired) electrons. The monoisotopic (exact) mass is 267 g/mol. The predicted octanol–water partition coefficient (Wildman–Crippen LogP) is 3.93. The van der Waals surface area contributed by atoms with E-state index in [9.17, 15) is 5.26 Å². The van der Waals surface area contributed by atoms with E-state index in [1.807, 2.05) is 4.68 Å². The molecule has 0 spiro atoms. The lowest BCUT2D eigenvalue weighted by molar-refractivity contribution is 0.386. The van der Waals surface area contributed by atoms with Gasteiger partial charge in [0, 0.05) is 18.4 Å². The van der Waals surface area contributed by atoms with Gasteiger partial charge >= 0.3 is 0 Å². The van der Waals surface area contributed by atoms with Gasteiger partial charge in [-0.3, -0.25) is 4.68 Å². The number of benzene rings is 1. The zero-order valence-corrected chi connectivity index (χ0v) is 12.3. The third kappa shape index (κ3) is 2.10. The van der Waals surface area contributed by atoms with Crippen LogP contribution in [0.5, 0.6) is 0 Å². The quantitative estimate of drug-likeness (QED) is 0.845. The van der Waals surface area contributed by atoms with Gasteiger partial charge in [-0.05, 0) is 38.2 Å². The maximum absolute atomic E-state index is 9.65. The molecule has 2 aromatic rings. The number of rotatable bonds is 3. The van der Waals surface area contributed by atoms with Crippen LogP contribution in [-0.4, -0.2) is 9.78 Å². The van der Waals surface area contributed by atoms with Crippen LogP contribution in [-0.2, 0) is 13.0 Å². The zero-order valence-electron chi connectivity index (χ0n) is 12.3. The maximum atomic E-state index is 9.65. The fourth-order valence-electron chi connectivity index (χ4n) is 3.58. The van der Waals surface area contributed by atoms with Gasteiger partial charge in [0.2, 0.25) is 0 Å². The molecule has 1 fully saturated rings. The number of hydrogen-bond acceptors (Lipinski definition) is 2. The second-order valence-electron chi connectivity index (χ2n) is 6.20. The Balaban J connectivity index is 2.01. The average Bonchev–Trinajstić information content (AvgIpc) is 3.01. The van der Waals surface area contributed by atoms with Crippen molar-refractivity contribution in [1.82, 2.24) is 9.78 Å². The van der Waals surface area contributed by atoms with Crippen molar-refractivity contribution in [2.24, 2.45) is 11.3 Å². The van der Waals surface area contributed by atoms with Gasteiger partial charge in [-0.1, -0.05) is 25.1 Å². The van der Waals surface area contributed by atoms with E-state index < -0.39 is 0 Å². The van der Waals surface area contributed by atoms with Gasteiger partial charge < -0.3 is 0 Å². The summed E-state index contributed by atoms with van der Waals surface area (Å²) in [6.07, 6.45) is 3.98.